The first-order valence-corrected chi connectivity index (χ1v) is 11.4. The van der Waals surface area contributed by atoms with Gasteiger partial charge in [0.2, 0.25) is 5.13 Å². The van der Waals surface area contributed by atoms with Crippen molar-refractivity contribution in [2.75, 3.05) is 5.32 Å². The van der Waals surface area contributed by atoms with Crippen LogP contribution in [0, 0.1) is 11.3 Å². The van der Waals surface area contributed by atoms with E-state index in [1.807, 2.05) is 19.9 Å². The highest BCUT2D eigenvalue weighted by atomic mass is 32.2. The van der Waals surface area contributed by atoms with Crippen LogP contribution in [0.15, 0.2) is 65.1 Å². The van der Waals surface area contributed by atoms with Crippen LogP contribution >= 0.6 is 11.3 Å². The van der Waals surface area contributed by atoms with E-state index in [-0.39, 0.29) is 32.8 Å². The third-order valence-corrected chi connectivity index (χ3v) is 6.36. The highest BCUT2D eigenvalue weighted by molar-refractivity contribution is 7.87. The van der Waals surface area contributed by atoms with E-state index in [1.54, 1.807) is 36.4 Å². The van der Waals surface area contributed by atoms with Crippen molar-refractivity contribution >= 4 is 38.6 Å². The Morgan fingerprint density at radius 3 is 2.45 bits per heavy atom. The molecular formula is C21H18N4O4S2. The lowest BCUT2D eigenvalue weighted by Gasteiger charge is -2.10. The summed E-state index contributed by atoms with van der Waals surface area (Å²) in [5.74, 6) is -0.538. The summed E-state index contributed by atoms with van der Waals surface area (Å²) in [6.07, 6.45) is 1.26. The predicted molar refractivity (Wildman–Crippen MR) is 117 cm³/mol. The van der Waals surface area contributed by atoms with Crippen molar-refractivity contribution < 1.29 is 17.4 Å². The smallest absolute Gasteiger partial charge is 0.339 e. The number of nitrogens with zero attached hydrogens (tertiary/aromatic N) is 3. The van der Waals surface area contributed by atoms with Gasteiger partial charge >= 0.3 is 10.1 Å². The van der Waals surface area contributed by atoms with Gasteiger partial charge in [-0.05, 0) is 24.3 Å². The van der Waals surface area contributed by atoms with E-state index in [4.69, 9.17) is 4.18 Å². The molecular weight excluding hydrogens is 436 g/mol. The average molecular weight is 455 g/mol. The van der Waals surface area contributed by atoms with Gasteiger partial charge in [-0.1, -0.05) is 61.6 Å². The summed E-state index contributed by atoms with van der Waals surface area (Å²) >= 11 is 1.22. The number of hydrogen-bond acceptors (Lipinski definition) is 8. The second-order valence-electron chi connectivity index (χ2n) is 6.61. The Balaban J connectivity index is 1.86. The Hall–Kier alpha value is -3.55. The minimum absolute atomic E-state index is 0.00934. The Morgan fingerprint density at radius 1 is 1.13 bits per heavy atom. The maximum absolute atomic E-state index is 12.5. The molecule has 0 aliphatic carbocycles. The maximum atomic E-state index is 12.5. The topological polar surface area (TPSA) is 122 Å². The first-order chi connectivity index (χ1) is 14.8. The second-order valence-corrected chi connectivity index (χ2v) is 9.17. The van der Waals surface area contributed by atoms with Crippen LogP contribution < -0.4 is 9.50 Å². The third-order valence-electron chi connectivity index (χ3n) is 3.97. The highest BCUT2D eigenvalue weighted by Crippen LogP contribution is 2.26. The zero-order valence-corrected chi connectivity index (χ0v) is 18.3. The monoisotopic (exact) mass is 454 g/mol. The van der Waals surface area contributed by atoms with E-state index in [1.165, 1.54) is 35.6 Å². The lowest BCUT2D eigenvalue weighted by molar-refractivity contribution is -0.112. The van der Waals surface area contributed by atoms with Gasteiger partial charge in [-0.2, -0.15) is 13.7 Å². The Morgan fingerprint density at radius 2 is 1.81 bits per heavy atom. The number of carbonyl (C=O) groups excluding carboxylic acids is 1. The largest absolute Gasteiger partial charge is 0.378 e. The molecule has 0 bridgehead atoms. The molecule has 1 heterocycles. The lowest BCUT2D eigenvalue weighted by Crippen LogP contribution is -2.13. The molecule has 31 heavy (non-hydrogen) atoms. The van der Waals surface area contributed by atoms with Crippen molar-refractivity contribution in [2.24, 2.45) is 0 Å². The van der Waals surface area contributed by atoms with E-state index < -0.39 is 16.0 Å². The van der Waals surface area contributed by atoms with Crippen LogP contribution in [0.25, 0.3) is 6.08 Å². The van der Waals surface area contributed by atoms with Crippen LogP contribution in [-0.4, -0.2) is 24.5 Å². The third kappa shape index (κ3) is 5.53. The van der Waals surface area contributed by atoms with Crippen LogP contribution in [-0.2, 0) is 14.9 Å². The first-order valence-electron chi connectivity index (χ1n) is 9.15. The molecule has 2 aromatic carbocycles. The van der Waals surface area contributed by atoms with Gasteiger partial charge in [-0.15, -0.1) is 10.2 Å². The minimum Gasteiger partial charge on any atom is -0.378 e. The fourth-order valence-electron chi connectivity index (χ4n) is 2.42. The van der Waals surface area contributed by atoms with Gasteiger partial charge in [0.15, 0.2) is 0 Å². The number of carbonyl (C=O) groups is 1. The number of nitrogens with one attached hydrogen (secondary N) is 1. The van der Waals surface area contributed by atoms with Crippen LogP contribution in [0.2, 0.25) is 0 Å². The van der Waals surface area contributed by atoms with Crippen molar-refractivity contribution in [1.82, 2.24) is 10.2 Å². The number of rotatable bonds is 7. The lowest BCUT2D eigenvalue weighted by atomic mass is 10.1. The molecule has 8 nitrogen and oxygen atoms in total. The van der Waals surface area contributed by atoms with Gasteiger partial charge in [0, 0.05) is 11.5 Å². The molecule has 0 radical (unpaired) electrons. The fourth-order valence-corrected chi connectivity index (χ4v) is 4.13. The van der Waals surface area contributed by atoms with Crippen molar-refractivity contribution in [2.45, 2.75) is 24.7 Å². The van der Waals surface area contributed by atoms with Crippen molar-refractivity contribution in [3.05, 3.63) is 70.7 Å². The minimum atomic E-state index is -4.08. The van der Waals surface area contributed by atoms with E-state index in [2.05, 4.69) is 15.5 Å². The maximum Gasteiger partial charge on any atom is 0.339 e. The number of aromatic nitrogens is 2. The van der Waals surface area contributed by atoms with Crippen LogP contribution in [0.1, 0.15) is 30.3 Å². The number of nitriles is 1. The second kappa shape index (κ2) is 9.51. The summed E-state index contributed by atoms with van der Waals surface area (Å²) in [6, 6.07) is 15.7. The predicted octanol–water partition coefficient (Wildman–Crippen LogP) is 3.97. The number of hydrogen-bond donors (Lipinski definition) is 1. The van der Waals surface area contributed by atoms with Crippen LogP contribution in [0.3, 0.4) is 0 Å². The Labute approximate surface area is 184 Å². The molecule has 0 aliphatic rings. The molecule has 158 valence electrons. The summed E-state index contributed by atoms with van der Waals surface area (Å²) in [6.45, 7) is 3.90. The van der Waals surface area contributed by atoms with Crippen molar-refractivity contribution in [3.63, 3.8) is 0 Å². The van der Waals surface area contributed by atoms with E-state index >= 15 is 0 Å². The summed E-state index contributed by atoms with van der Waals surface area (Å²) in [5, 5.41) is 20.9. The summed E-state index contributed by atoms with van der Waals surface area (Å²) < 4.78 is 30.3. The van der Waals surface area contributed by atoms with Gasteiger partial charge in [0.25, 0.3) is 5.91 Å². The molecule has 3 rings (SSSR count). The van der Waals surface area contributed by atoms with E-state index in [0.717, 1.165) is 5.01 Å². The number of para-hydroxylation sites is 1. The first kappa shape index (κ1) is 22.1. The van der Waals surface area contributed by atoms with Crippen LogP contribution in [0.4, 0.5) is 5.13 Å². The molecule has 0 unspecified atom stereocenters. The zero-order chi connectivity index (χ0) is 22.4. The molecule has 0 aliphatic heterocycles. The number of amides is 1. The molecule has 1 amide bonds. The SMILES string of the molecule is CC(C)c1nnc(NC(=O)C(C#N)=Cc2ccccc2OS(=O)(=O)c2ccccc2)s1. The molecule has 1 aromatic heterocycles. The summed E-state index contributed by atoms with van der Waals surface area (Å²) in [4.78, 5) is 12.5. The summed E-state index contributed by atoms with van der Waals surface area (Å²) in [7, 11) is -4.08. The molecule has 0 atom stereocenters. The van der Waals surface area contributed by atoms with Crippen LogP contribution in [0.5, 0.6) is 5.75 Å². The quantitative estimate of drug-likeness (QED) is 0.325. The van der Waals surface area contributed by atoms with Gasteiger partial charge in [0.1, 0.15) is 27.3 Å². The molecule has 0 fully saturated rings. The molecule has 0 saturated heterocycles. The van der Waals surface area contributed by atoms with E-state index in [0.29, 0.717) is 0 Å². The number of anilines is 1. The fraction of sp³-hybridized carbons (Fsp3) is 0.143. The molecule has 10 heteroatoms. The standard InChI is InChI=1S/C21H18N4O4S2/c1-14(2)20-24-25-21(30-20)23-19(26)16(13-22)12-15-8-6-7-11-18(15)29-31(27,28)17-9-4-3-5-10-17/h3-12,14H,1-2H3,(H,23,25,26). The average Bonchev–Trinajstić information content (AvgIpc) is 3.22. The summed E-state index contributed by atoms with van der Waals surface area (Å²) in [5.41, 5.74) is 0.0169. The molecule has 3 aromatic rings. The Bertz CT molecular complexity index is 1260. The van der Waals surface area contributed by atoms with Crippen molar-refractivity contribution in [3.8, 4) is 11.8 Å². The number of benzene rings is 2. The normalized spacial score (nSPS) is 11.7. The van der Waals surface area contributed by atoms with Gasteiger partial charge < -0.3 is 4.18 Å². The highest BCUT2D eigenvalue weighted by Gasteiger charge is 2.19. The molecule has 1 N–H and O–H groups in total. The van der Waals surface area contributed by atoms with Gasteiger partial charge in [-0.25, -0.2) is 0 Å². The van der Waals surface area contributed by atoms with Gasteiger partial charge in [-0.3, -0.25) is 10.1 Å². The Kier molecular flexibility index (Phi) is 6.79. The van der Waals surface area contributed by atoms with Gasteiger partial charge in [0.05, 0.1) is 0 Å². The van der Waals surface area contributed by atoms with Crippen molar-refractivity contribution in [1.29, 1.82) is 5.26 Å². The molecule has 0 saturated carbocycles. The van der Waals surface area contributed by atoms with E-state index in [9.17, 15) is 18.5 Å². The zero-order valence-electron chi connectivity index (χ0n) is 16.6. The molecule has 0 spiro atoms.